The van der Waals surface area contributed by atoms with Gasteiger partial charge in [0.15, 0.2) is 0 Å². The predicted octanol–water partition coefficient (Wildman–Crippen LogP) is 4.40. The molecule has 1 aromatic carbocycles. The van der Waals surface area contributed by atoms with Gasteiger partial charge in [-0.1, -0.05) is 37.5 Å². The monoisotopic (exact) mass is 381 g/mol. The maximum Gasteiger partial charge on any atom is 0.220 e. The fourth-order valence-electron chi connectivity index (χ4n) is 4.81. The van der Waals surface area contributed by atoms with Crippen molar-refractivity contribution in [3.63, 3.8) is 0 Å². The molecule has 28 heavy (non-hydrogen) atoms. The summed E-state index contributed by atoms with van der Waals surface area (Å²) in [5, 5.41) is 7.96. The minimum absolute atomic E-state index is 0.103. The Morgan fingerprint density at radius 3 is 2.82 bits per heavy atom. The molecule has 0 spiro atoms. The van der Waals surface area contributed by atoms with Crippen LogP contribution in [0.2, 0.25) is 0 Å². The average Bonchev–Trinajstić information content (AvgIpc) is 3.13. The molecule has 5 heteroatoms. The van der Waals surface area contributed by atoms with Gasteiger partial charge in [0, 0.05) is 23.2 Å². The molecule has 2 aromatic rings. The highest BCUT2D eigenvalue weighted by Gasteiger charge is 2.27. The molecule has 2 aliphatic carbocycles. The maximum absolute atomic E-state index is 12.6. The summed E-state index contributed by atoms with van der Waals surface area (Å²) in [7, 11) is 1.70. The molecule has 5 nitrogen and oxygen atoms in total. The van der Waals surface area contributed by atoms with Gasteiger partial charge in [-0.3, -0.25) is 9.48 Å². The van der Waals surface area contributed by atoms with Crippen molar-refractivity contribution in [3.05, 3.63) is 47.3 Å². The lowest BCUT2D eigenvalue weighted by atomic mass is 9.86. The number of nitrogens with zero attached hydrogens (tertiary/aromatic N) is 2. The molecular formula is C23H31N3O2. The first kappa shape index (κ1) is 19.0. The molecule has 1 heterocycles. The SMILES string of the molecule is COc1ccccc1Cn1ncc2c1CCC[C@H]2NC(=O)CC1CCCCC1. The van der Waals surface area contributed by atoms with E-state index in [1.807, 2.05) is 24.4 Å². The van der Waals surface area contributed by atoms with E-state index in [0.29, 0.717) is 18.9 Å². The van der Waals surface area contributed by atoms with Crippen molar-refractivity contribution in [3.8, 4) is 5.75 Å². The van der Waals surface area contributed by atoms with Gasteiger partial charge in [-0.2, -0.15) is 5.10 Å². The zero-order chi connectivity index (χ0) is 19.3. The second kappa shape index (κ2) is 8.80. The number of nitrogens with one attached hydrogen (secondary N) is 1. The number of para-hydroxylation sites is 1. The largest absolute Gasteiger partial charge is 0.496 e. The topological polar surface area (TPSA) is 56.1 Å². The van der Waals surface area contributed by atoms with Gasteiger partial charge >= 0.3 is 0 Å². The van der Waals surface area contributed by atoms with Gasteiger partial charge in [0.1, 0.15) is 5.75 Å². The second-order valence-corrected chi connectivity index (χ2v) is 8.24. The molecule has 1 aromatic heterocycles. The Kier molecular flexibility index (Phi) is 5.98. The van der Waals surface area contributed by atoms with Crippen LogP contribution in [-0.2, 0) is 17.8 Å². The summed E-state index contributed by atoms with van der Waals surface area (Å²) >= 11 is 0. The number of carbonyl (C=O) groups is 1. The van der Waals surface area contributed by atoms with Crippen molar-refractivity contribution in [2.24, 2.45) is 5.92 Å². The maximum atomic E-state index is 12.6. The van der Waals surface area contributed by atoms with Crippen molar-refractivity contribution < 1.29 is 9.53 Å². The Labute approximate surface area is 167 Å². The van der Waals surface area contributed by atoms with Crippen LogP contribution >= 0.6 is 0 Å². The van der Waals surface area contributed by atoms with Gasteiger partial charge < -0.3 is 10.1 Å². The summed E-state index contributed by atoms with van der Waals surface area (Å²) in [5.74, 6) is 1.67. The molecule has 1 fully saturated rings. The Balaban J connectivity index is 1.44. The van der Waals surface area contributed by atoms with Gasteiger partial charge in [0.2, 0.25) is 5.91 Å². The van der Waals surface area contributed by atoms with E-state index < -0.39 is 0 Å². The van der Waals surface area contributed by atoms with Crippen LogP contribution in [0, 0.1) is 5.92 Å². The number of hydrogen-bond acceptors (Lipinski definition) is 3. The molecule has 4 rings (SSSR count). The lowest BCUT2D eigenvalue weighted by Gasteiger charge is -2.26. The van der Waals surface area contributed by atoms with Crippen molar-refractivity contribution in [2.45, 2.75) is 70.4 Å². The molecule has 0 radical (unpaired) electrons. The number of carbonyl (C=O) groups excluding carboxylic acids is 1. The molecule has 150 valence electrons. The minimum Gasteiger partial charge on any atom is -0.496 e. The summed E-state index contributed by atoms with van der Waals surface area (Å²) in [6, 6.07) is 8.19. The second-order valence-electron chi connectivity index (χ2n) is 8.24. The molecule has 0 saturated heterocycles. The lowest BCUT2D eigenvalue weighted by molar-refractivity contribution is -0.123. The molecule has 0 bridgehead atoms. The number of fused-ring (bicyclic) bond motifs is 1. The number of methoxy groups -OCH3 is 1. The number of aromatic nitrogens is 2. The van der Waals surface area contributed by atoms with E-state index in [-0.39, 0.29) is 11.9 Å². The van der Waals surface area contributed by atoms with Crippen molar-refractivity contribution in [2.75, 3.05) is 7.11 Å². The highest BCUT2D eigenvalue weighted by Crippen LogP contribution is 2.32. The molecular weight excluding hydrogens is 350 g/mol. The minimum atomic E-state index is 0.103. The Morgan fingerprint density at radius 1 is 1.18 bits per heavy atom. The third-order valence-electron chi connectivity index (χ3n) is 6.31. The molecule has 1 saturated carbocycles. The van der Waals surface area contributed by atoms with Crippen molar-refractivity contribution in [1.82, 2.24) is 15.1 Å². The quantitative estimate of drug-likeness (QED) is 0.807. The van der Waals surface area contributed by atoms with Gasteiger partial charge in [-0.15, -0.1) is 0 Å². The number of rotatable bonds is 6. The first-order chi connectivity index (χ1) is 13.7. The van der Waals surface area contributed by atoms with E-state index in [9.17, 15) is 4.79 Å². The highest BCUT2D eigenvalue weighted by molar-refractivity contribution is 5.76. The number of ether oxygens (including phenoxy) is 1. The van der Waals surface area contributed by atoms with Crippen LogP contribution in [0.25, 0.3) is 0 Å². The lowest BCUT2D eigenvalue weighted by Crippen LogP contribution is -2.32. The van der Waals surface area contributed by atoms with Crippen LogP contribution in [0.5, 0.6) is 5.75 Å². The van der Waals surface area contributed by atoms with E-state index >= 15 is 0 Å². The predicted molar refractivity (Wildman–Crippen MR) is 109 cm³/mol. The zero-order valence-corrected chi connectivity index (χ0v) is 16.8. The standard InChI is InChI=1S/C23H31N3O2/c1-28-22-13-6-5-10-18(22)16-26-21-12-7-11-20(19(21)15-24-26)25-23(27)14-17-8-3-2-4-9-17/h5-6,10,13,15,17,20H,2-4,7-9,11-12,14,16H2,1H3,(H,25,27)/t20-/m1/s1. The number of benzene rings is 1. The summed E-state index contributed by atoms with van der Waals surface area (Å²) in [5.41, 5.74) is 3.57. The van der Waals surface area contributed by atoms with Gasteiger partial charge in [0.05, 0.1) is 25.9 Å². The van der Waals surface area contributed by atoms with E-state index in [4.69, 9.17) is 4.74 Å². The summed E-state index contributed by atoms with van der Waals surface area (Å²) in [4.78, 5) is 12.6. The molecule has 0 aliphatic heterocycles. The first-order valence-electron chi connectivity index (χ1n) is 10.7. The molecule has 1 N–H and O–H groups in total. The summed E-state index contributed by atoms with van der Waals surface area (Å²) in [6.07, 6.45) is 12.0. The number of hydrogen-bond donors (Lipinski definition) is 1. The van der Waals surface area contributed by atoms with E-state index in [2.05, 4.69) is 21.2 Å². The first-order valence-corrected chi connectivity index (χ1v) is 10.7. The van der Waals surface area contributed by atoms with Gasteiger partial charge in [0.25, 0.3) is 0 Å². The molecule has 0 unspecified atom stereocenters. The van der Waals surface area contributed by atoms with Crippen LogP contribution in [-0.4, -0.2) is 22.8 Å². The summed E-state index contributed by atoms with van der Waals surface area (Å²) in [6.45, 7) is 0.697. The average molecular weight is 382 g/mol. The van der Waals surface area contributed by atoms with Crippen LogP contribution in [0.15, 0.2) is 30.5 Å². The third-order valence-corrected chi connectivity index (χ3v) is 6.31. The Bertz CT molecular complexity index is 808. The third kappa shape index (κ3) is 4.23. The molecule has 1 atom stereocenters. The van der Waals surface area contributed by atoms with Crippen LogP contribution in [0.3, 0.4) is 0 Å². The highest BCUT2D eigenvalue weighted by atomic mass is 16.5. The number of amides is 1. The van der Waals surface area contributed by atoms with E-state index in [1.54, 1.807) is 7.11 Å². The van der Waals surface area contributed by atoms with Gasteiger partial charge in [-0.25, -0.2) is 0 Å². The van der Waals surface area contributed by atoms with Crippen LogP contribution in [0.4, 0.5) is 0 Å². The molecule has 1 amide bonds. The van der Waals surface area contributed by atoms with Crippen LogP contribution < -0.4 is 10.1 Å². The fraction of sp³-hybridized carbons (Fsp3) is 0.565. The Morgan fingerprint density at radius 2 is 2.00 bits per heavy atom. The Hall–Kier alpha value is -2.30. The summed E-state index contributed by atoms with van der Waals surface area (Å²) < 4.78 is 7.56. The van der Waals surface area contributed by atoms with Crippen molar-refractivity contribution >= 4 is 5.91 Å². The van der Waals surface area contributed by atoms with E-state index in [1.165, 1.54) is 43.4 Å². The fourth-order valence-corrected chi connectivity index (χ4v) is 4.81. The van der Waals surface area contributed by atoms with Gasteiger partial charge in [-0.05, 0) is 44.1 Å². The molecule has 2 aliphatic rings. The smallest absolute Gasteiger partial charge is 0.220 e. The normalized spacial score (nSPS) is 19.8. The van der Waals surface area contributed by atoms with Crippen molar-refractivity contribution in [1.29, 1.82) is 0 Å². The van der Waals surface area contributed by atoms with E-state index in [0.717, 1.165) is 30.6 Å². The van der Waals surface area contributed by atoms with Crippen LogP contribution in [0.1, 0.15) is 74.2 Å². The zero-order valence-electron chi connectivity index (χ0n) is 16.8.